The summed E-state index contributed by atoms with van der Waals surface area (Å²) in [5.74, 6) is 0.855. The van der Waals surface area contributed by atoms with Crippen molar-refractivity contribution in [2.75, 3.05) is 32.9 Å². The van der Waals surface area contributed by atoms with E-state index in [4.69, 9.17) is 0 Å². The van der Waals surface area contributed by atoms with Gasteiger partial charge < -0.3 is 15.5 Å². The molecule has 1 saturated carbocycles. The SMILES string of the molecule is CN=C(NCCc1ccc(S(C)(=O)=O)cc1)NC1CCN(C2CCCCC2)CC1.I. The van der Waals surface area contributed by atoms with Crippen LogP contribution in [0.1, 0.15) is 50.5 Å². The number of likely N-dealkylation sites (tertiary alicyclic amines) is 1. The van der Waals surface area contributed by atoms with Gasteiger partial charge in [0.25, 0.3) is 0 Å². The fraction of sp³-hybridized carbons (Fsp3) is 0.682. The molecule has 0 aromatic heterocycles. The summed E-state index contributed by atoms with van der Waals surface area (Å²) in [5, 5.41) is 6.97. The van der Waals surface area contributed by atoms with Gasteiger partial charge in [0.15, 0.2) is 15.8 Å². The summed E-state index contributed by atoms with van der Waals surface area (Å²) in [6.45, 7) is 3.14. The van der Waals surface area contributed by atoms with E-state index < -0.39 is 9.84 Å². The fourth-order valence-corrected chi connectivity index (χ4v) is 5.10. The van der Waals surface area contributed by atoms with Crippen molar-refractivity contribution in [3.8, 4) is 0 Å². The van der Waals surface area contributed by atoms with Crippen LogP contribution in [-0.2, 0) is 16.3 Å². The molecule has 2 aliphatic rings. The molecule has 1 aromatic carbocycles. The third-order valence-electron chi connectivity index (χ3n) is 6.24. The summed E-state index contributed by atoms with van der Waals surface area (Å²) >= 11 is 0. The van der Waals surface area contributed by atoms with Gasteiger partial charge in [-0.2, -0.15) is 0 Å². The Hall–Kier alpha value is -0.870. The number of nitrogens with zero attached hydrogens (tertiary/aromatic N) is 2. The first-order valence-corrected chi connectivity index (χ1v) is 12.8. The lowest BCUT2D eigenvalue weighted by Gasteiger charge is -2.39. The summed E-state index contributed by atoms with van der Waals surface area (Å²) < 4.78 is 23.1. The maximum atomic E-state index is 11.5. The summed E-state index contributed by atoms with van der Waals surface area (Å²) in [6.07, 6.45) is 11.4. The molecule has 1 aliphatic heterocycles. The molecule has 30 heavy (non-hydrogen) atoms. The minimum atomic E-state index is -3.13. The van der Waals surface area contributed by atoms with Crippen molar-refractivity contribution in [1.29, 1.82) is 0 Å². The predicted molar refractivity (Wildman–Crippen MR) is 135 cm³/mol. The quantitative estimate of drug-likeness (QED) is 0.325. The Morgan fingerprint density at radius 2 is 1.70 bits per heavy atom. The Kier molecular flexibility index (Phi) is 10.4. The lowest BCUT2D eigenvalue weighted by Crippen LogP contribution is -2.51. The van der Waals surface area contributed by atoms with E-state index in [2.05, 4.69) is 20.5 Å². The van der Waals surface area contributed by atoms with Crippen molar-refractivity contribution in [2.45, 2.75) is 68.3 Å². The summed E-state index contributed by atoms with van der Waals surface area (Å²) in [4.78, 5) is 7.44. The molecule has 1 aromatic rings. The van der Waals surface area contributed by atoms with Crippen molar-refractivity contribution in [2.24, 2.45) is 4.99 Å². The number of rotatable bonds is 6. The molecule has 1 aliphatic carbocycles. The second kappa shape index (κ2) is 12.2. The highest BCUT2D eigenvalue weighted by atomic mass is 127. The van der Waals surface area contributed by atoms with Crippen LogP contribution in [0.5, 0.6) is 0 Å². The number of nitrogens with one attached hydrogen (secondary N) is 2. The lowest BCUT2D eigenvalue weighted by atomic mass is 9.92. The highest BCUT2D eigenvalue weighted by Gasteiger charge is 2.26. The second-order valence-corrected chi connectivity index (χ2v) is 10.4. The Morgan fingerprint density at radius 1 is 1.07 bits per heavy atom. The highest BCUT2D eigenvalue weighted by molar-refractivity contribution is 14.0. The number of piperidine rings is 1. The van der Waals surface area contributed by atoms with Crippen LogP contribution in [0, 0.1) is 0 Å². The standard InChI is InChI=1S/C22H36N4O2S.HI/c1-23-22(24-15-12-18-8-10-21(11-9-18)29(2,27)28)25-19-13-16-26(17-14-19)20-6-4-3-5-7-20;/h8-11,19-20H,3-7,12-17H2,1-2H3,(H2,23,24,25);1H. The lowest BCUT2D eigenvalue weighted by molar-refractivity contribution is 0.119. The van der Waals surface area contributed by atoms with Crippen molar-refractivity contribution in [1.82, 2.24) is 15.5 Å². The van der Waals surface area contributed by atoms with Gasteiger partial charge in [-0.15, -0.1) is 24.0 Å². The van der Waals surface area contributed by atoms with E-state index in [9.17, 15) is 8.42 Å². The molecule has 0 spiro atoms. The molecule has 2 fully saturated rings. The number of guanidine groups is 1. The van der Waals surface area contributed by atoms with Gasteiger partial charge in [-0.1, -0.05) is 31.4 Å². The van der Waals surface area contributed by atoms with E-state index in [0.29, 0.717) is 10.9 Å². The largest absolute Gasteiger partial charge is 0.356 e. The molecule has 8 heteroatoms. The van der Waals surface area contributed by atoms with Gasteiger partial charge in [0.05, 0.1) is 4.90 Å². The first-order valence-electron chi connectivity index (χ1n) is 11.0. The molecule has 6 nitrogen and oxygen atoms in total. The number of halogens is 1. The van der Waals surface area contributed by atoms with Crippen molar-refractivity contribution >= 4 is 39.8 Å². The summed E-state index contributed by atoms with van der Waals surface area (Å²) in [7, 11) is -1.32. The molecule has 1 saturated heterocycles. The number of hydrogen-bond acceptors (Lipinski definition) is 4. The van der Waals surface area contributed by atoms with Crippen LogP contribution < -0.4 is 10.6 Å². The molecule has 0 radical (unpaired) electrons. The normalized spacial score (nSPS) is 19.9. The maximum absolute atomic E-state index is 11.5. The number of benzene rings is 1. The van der Waals surface area contributed by atoms with E-state index in [-0.39, 0.29) is 24.0 Å². The molecule has 3 rings (SSSR count). The van der Waals surface area contributed by atoms with E-state index in [1.165, 1.54) is 64.3 Å². The Bertz CT molecular complexity index is 769. The van der Waals surface area contributed by atoms with Crippen molar-refractivity contribution in [3.63, 3.8) is 0 Å². The molecule has 1 heterocycles. The van der Waals surface area contributed by atoms with E-state index in [1.807, 2.05) is 19.2 Å². The smallest absolute Gasteiger partial charge is 0.191 e. The number of sulfone groups is 1. The zero-order chi connectivity index (χ0) is 20.7. The van der Waals surface area contributed by atoms with Crippen LogP contribution >= 0.6 is 24.0 Å². The molecule has 0 amide bonds. The van der Waals surface area contributed by atoms with E-state index in [0.717, 1.165) is 30.5 Å². The van der Waals surface area contributed by atoms with Gasteiger partial charge in [0.1, 0.15) is 0 Å². The Morgan fingerprint density at radius 3 is 2.27 bits per heavy atom. The Balaban J connectivity index is 0.00000320. The molecule has 170 valence electrons. The predicted octanol–water partition coefficient (Wildman–Crippen LogP) is 3.21. The average Bonchev–Trinajstić information content (AvgIpc) is 2.74. The number of aliphatic imine (C=N–C) groups is 1. The third-order valence-corrected chi connectivity index (χ3v) is 7.37. The molecular formula is C22H37IN4O2S. The summed E-state index contributed by atoms with van der Waals surface area (Å²) in [5.41, 5.74) is 1.11. The zero-order valence-corrected chi connectivity index (χ0v) is 21.4. The average molecular weight is 549 g/mol. The first kappa shape index (κ1) is 25.4. The first-order chi connectivity index (χ1) is 14.0. The fourth-order valence-electron chi connectivity index (χ4n) is 4.47. The van der Waals surface area contributed by atoms with Crippen LogP contribution in [0.2, 0.25) is 0 Å². The zero-order valence-electron chi connectivity index (χ0n) is 18.3. The van der Waals surface area contributed by atoms with Crippen LogP contribution in [0.15, 0.2) is 34.2 Å². The monoisotopic (exact) mass is 548 g/mol. The van der Waals surface area contributed by atoms with Gasteiger partial charge in [0, 0.05) is 45.0 Å². The van der Waals surface area contributed by atoms with Crippen LogP contribution in [0.25, 0.3) is 0 Å². The molecule has 0 atom stereocenters. The Labute approximate surface area is 199 Å². The molecule has 2 N–H and O–H groups in total. The van der Waals surface area contributed by atoms with Crippen LogP contribution in [-0.4, -0.2) is 64.3 Å². The molecular weight excluding hydrogens is 511 g/mol. The topological polar surface area (TPSA) is 73.8 Å². The molecule has 0 bridgehead atoms. The van der Waals surface area contributed by atoms with Crippen molar-refractivity contribution < 1.29 is 8.42 Å². The van der Waals surface area contributed by atoms with Crippen LogP contribution in [0.3, 0.4) is 0 Å². The second-order valence-electron chi connectivity index (χ2n) is 8.41. The van der Waals surface area contributed by atoms with E-state index >= 15 is 0 Å². The minimum Gasteiger partial charge on any atom is -0.356 e. The third kappa shape index (κ3) is 7.67. The van der Waals surface area contributed by atoms with Gasteiger partial charge in [-0.3, -0.25) is 4.99 Å². The molecule has 0 unspecified atom stereocenters. The maximum Gasteiger partial charge on any atom is 0.191 e. The number of hydrogen-bond donors (Lipinski definition) is 2. The van der Waals surface area contributed by atoms with E-state index in [1.54, 1.807) is 12.1 Å². The highest BCUT2D eigenvalue weighted by Crippen LogP contribution is 2.25. The van der Waals surface area contributed by atoms with Gasteiger partial charge in [-0.25, -0.2) is 8.42 Å². The minimum absolute atomic E-state index is 0. The van der Waals surface area contributed by atoms with Gasteiger partial charge in [0.2, 0.25) is 0 Å². The van der Waals surface area contributed by atoms with Crippen molar-refractivity contribution in [3.05, 3.63) is 29.8 Å². The summed E-state index contributed by atoms with van der Waals surface area (Å²) in [6, 6.07) is 8.42. The van der Waals surface area contributed by atoms with Gasteiger partial charge >= 0.3 is 0 Å². The van der Waals surface area contributed by atoms with Gasteiger partial charge in [-0.05, 0) is 49.8 Å². The van der Waals surface area contributed by atoms with Crippen LogP contribution in [0.4, 0.5) is 0 Å².